The van der Waals surface area contributed by atoms with E-state index in [2.05, 4.69) is 36.1 Å². The van der Waals surface area contributed by atoms with Crippen LogP contribution in [0.3, 0.4) is 0 Å². The molecule has 1 aromatic carbocycles. The predicted molar refractivity (Wildman–Crippen MR) is 119 cm³/mol. The largest absolute Gasteiger partial charge is 0.327 e. The number of aryl methyl sites for hydroxylation is 1. The highest BCUT2D eigenvalue weighted by atomic mass is 32.1. The molecule has 5 rings (SSSR count). The zero-order chi connectivity index (χ0) is 20.9. The molecule has 2 fully saturated rings. The van der Waals surface area contributed by atoms with Gasteiger partial charge < -0.3 is 4.90 Å². The van der Waals surface area contributed by atoms with Gasteiger partial charge in [0.1, 0.15) is 5.54 Å². The van der Waals surface area contributed by atoms with E-state index >= 15 is 0 Å². The third-order valence-electron chi connectivity index (χ3n) is 7.14. The maximum atomic E-state index is 13.7. The number of carbonyl (C=O) groups excluding carboxylic acids is 2. The molecule has 3 heterocycles. The molecule has 2 saturated heterocycles. The van der Waals surface area contributed by atoms with Gasteiger partial charge in [0.25, 0.3) is 5.91 Å². The molecule has 158 valence electrons. The number of carbonyl (C=O) groups is 2. The third-order valence-corrected chi connectivity index (χ3v) is 8.13. The molecule has 1 aromatic heterocycles. The number of likely N-dealkylation sites (tertiary alicyclic amines) is 1. The summed E-state index contributed by atoms with van der Waals surface area (Å²) in [4.78, 5) is 35.7. The Balaban J connectivity index is 1.33. The molecule has 5 nitrogen and oxygen atoms in total. The number of benzene rings is 1. The summed E-state index contributed by atoms with van der Waals surface area (Å²) in [6.45, 7) is 7.36. The van der Waals surface area contributed by atoms with Gasteiger partial charge in [-0.3, -0.25) is 14.6 Å². The molecule has 0 saturated carbocycles. The molecule has 2 aliphatic heterocycles. The summed E-state index contributed by atoms with van der Waals surface area (Å²) in [6, 6.07) is 12.6. The van der Waals surface area contributed by atoms with Crippen molar-refractivity contribution in [1.82, 2.24) is 14.7 Å². The number of likely N-dealkylation sites (N-methyl/N-ethyl adjacent to an activating group) is 1. The molecule has 0 unspecified atom stereocenters. The van der Waals surface area contributed by atoms with Gasteiger partial charge in [-0.25, -0.2) is 4.79 Å². The van der Waals surface area contributed by atoms with Gasteiger partial charge >= 0.3 is 6.03 Å². The number of hydrogen-bond donors (Lipinski definition) is 0. The van der Waals surface area contributed by atoms with Crippen molar-refractivity contribution in [3.8, 4) is 0 Å². The van der Waals surface area contributed by atoms with Crippen LogP contribution >= 0.6 is 11.3 Å². The van der Waals surface area contributed by atoms with E-state index in [1.807, 2.05) is 35.3 Å². The van der Waals surface area contributed by atoms with Crippen molar-refractivity contribution in [2.24, 2.45) is 0 Å². The lowest BCUT2D eigenvalue weighted by Gasteiger charge is -2.41. The summed E-state index contributed by atoms with van der Waals surface area (Å²) >= 11 is 1.84. The van der Waals surface area contributed by atoms with Crippen LogP contribution < -0.4 is 0 Å². The highest BCUT2D eigenvalue weighted by molar-refractivity contribution is 7.11. The van der Waals surface area contributed by atoms with Gasteiger partial charge in [-0.05, 0) is 62.8 Å². The normalized spacial score (nSPS) is 21.8. The second kappa shape index (κ2) is 7.50. The highest BCUT2D eigenvalue weighted by Gasteiger charge is 2.59. The van der Waals surface area contributed by atoms with Crippen molar-refractivity contribution in [3.05, 3.63) is 57.3 Å². The van der Waals surface area contributed by atoms with Crippen LogP contribution in [0.4, 0.5) is 4.79 Å². The van der Waals surface area contributed by atoms with E-state index in [0.29, 0.717) is 6.54 Å². The Kier molecular flexibility index (Phi) is 4.94. The fraction of sp³-hybridized carbons (Fsp3) is 0.500. The van der Waals surface area contributed by atoms with Crippen LogP contribution in [0.2, 0.25) is 0 Å². The zero-order valence-corrected chi connectivity index (χ0v) is 18.6. The summed E-state index contributed by atoms with van der Waals surface area (Å²) < 4.78 is 0. The summed E-state index contributed by atoms with van der Waals surface area (Å²) in [7, 11) is 0. The van der Waals surface area contributed by atoms with Crippen molar-refractivity contribution in [1.29, 1.82) is 0 Å². The number of urea groups is 1. The molecular formula is C24H29N3O2S. The quantitative estimate of drug-likeness (QED) is 0.702. The smallest absolute Gasteiger partial charge is 0.310 e. The van der Waals surface area contributed by atoms with Crippen LogP contribution in [-0.4, -0.2) is 57.9 Å². The van der Waals surface area contributed by atoms with Crippen molar-refractivity contribution < 1.29 is 9.59 Å². The molecule has 30 heavy (non-hydrogen) atoms. The molecule has 3 aliphatic rings. The third kappa shape index (κ3) is 3.08. The topological polar surface area (TPSA) is 43.9 Å². The van der Waals surface area contributed by atoms with Gasteiger partial charge in [-0.2, -0.15) is 0 Å². The van der Waals surface area contributed by atoms with Crippen molar-refractivity contribution in [2.75, 3.05) is 19.6 Å². The Labute approximate surface area is 182 Å². The second-order valence-electron chi connectivity index (χ2n) is 8.85. The van der Waals surface area contributed by atoms with Crippen LogP contribution in [0, 0.1) is 6.92 Å². The Morgan fingerprint density at radius 1 is 1.03 bits per heavy atom. The minimum absolute atomic E-state index is 0.0389. The minimum Gasteiger partial charge on any atom is -0.310 e. The number of hydrogen-bond acceptors (Lipinski definition) is 4. The van der Waals surface area contributed by atoms with E-state index in [1.165, 1.54) is 20.9 Å². The molecule has 3 amide bonds. The number of rotatable bonds is 4. The maximum absolute atomic E-state index is 13.7. The van der Waals surface area contributed by atoms with Crippen molar-refractivity contribution in [3.63, 3.8) is 0 Å². The molecule has 0 N–H and O–H groups in total. The van der Waals surface area contributed by atoms with E-state index in [1.54, 1.807) is 4.90 Å². The van der Waals surface area contributed by atoms with Gasteiger partial charge in [0.2, 0.25) is 0 Å². The van der Waals surface area contributed by atoms with Crippen LogP contribution in [-0.2, 0) is 24.2 Å². The number of imide groups is 1. The first kappa shape index (κ1) is 19.8. The summed E-state index contributed by atoms with van der Waals surface area (Å²) in [5.74, 6) is 0.0405. The van der Waals surface area contributed by atoms with Gasteiger partial charge in [-0.15, -0.1) is 11.3 Å². The first-order valence-electron chi connectivity index (χ1n) is 11.0. The van der Waals surface area contributed by atoms with Gasteiger partial charge in [0.15, 0.2) is 0 Å². The summed E-state index contributed by atoms with van der Waals surface area (Å²) in [5.41, 5.74) is 1.89. The van der Waals surface area contributed by atoms with Gasteiger partial charge in [0, 0.05) is 42.0 Å². The van der Waals surface area contributed by atoms with Crippen LogP contribution in [0.25, 0.3) is 0 Å². The van der Waals surface area contributed by atoms with Gasteiger partial charge in [0.05, 0.1) is 0 Å². The number of piperidine rings is 1. The lowest BCUT2D eigenvalue weighted by atomic mass is 9.85. The first-order chi connectivity index (χ1) is 14.5. The molecule has 1 spiro atoms. The minimum atomic E-state index is -0.650. The fourth-order valence-corrected chi connectivity index (χ4v) is 6.51. The number of amides is 3. The molecule has 1 aliphatic carbocycles. The zero-order valence-electron chi connectivity index (χ0n) is 17.8. The molecule has 2 aromatic rings. The number of fused-ring (bicyclic) bond motifs is 1. The monoisotopic (exact) mass is 423 g/mol. The van der Waals surface area contributed by atoms with E-state index in [0.717, 1.165) is 45.3 Å². The van der Waals surface area contributed by atoms with E-state index < -0.39 is 5.54 Å². The maximum Gasteiger partial charge on any atom is 0.327 e. The average Bonchev–Trinajstić information content (AvgIpc) is 3.39. The second-order valence-corrected chi connectivity index (χ2v) is 10.2. The number of nitrogens with zero attached hydrogens (tertiary/aromatic N) is 3. The molecule has 0 atom stereocenters. The lowest BCUT2D eigenvalue weighted by Crippen LogP contribution is -2.56. The first-order valence-corrected chi connectivity index (χ1v) is 11.8. The van der Waals surface area contributed by atoms with Crippen LogP contribution in [0.15, 0.2) is 36.4 Å². The van der Waals surface area contributed by atoms with Gasteiger partial charge in [-0.1, -0.05) is 24.3 Å². The molecular weight excluding hydrogens is 394 g/mol. The summed E-state index contributed by atoms with van der Waals surface area (Å²) in [6.07, 6.45) is 3.02. The molecule has 6 heteroatoms. The van der Waals surface area contributed by atoms with Crippen molar-refractivity contribution >= 4 is 23.3 Å². The Bertz CT molecular complexity index is 951. The molecule has 0 radical (unpaired) electrons. The highest BCUT2D eigenvalue weighted by Crippen LogP contribution is 2.40. The van der Waals surface area contributed by atoms with Crippen molar-refractivity contribution in [2.45, 2.75) is 57.7 Å². The SMILES string of the molecule is CCN1C(=O)N(C2Cc3ccccc3C2)C(=O)C12CCN(Cc1ccc(C)s1)CC2. The Morgan fingerprint density at radius 2 is 1.70 bits per heavy atom. The Morgan fingerprint density at radius 3 is 2.27 bits per heavy atom. The van der Waals surface area contributed by atoms with Crippen LogP contribution in [0.5, 0.6) is 0 Å². The van der Waals surface area contributed by atoms with Crippen LogP contribution in [0.1, 0.15) is 40.6 Å². The summed E-state index contributed by atoms with van der Waals surface area (Å²) in [5, 5.41) is 0. The number of thiophene rings is 1. The lowest BCUT2D eigenvalue weighted by molar-refractivity contribution is -0.137. The Hall–Kier alpha value is -2.18. The predicted octanol–water partition coefficient (Wildman–Crippen LogP) is 3.84. The van der Waals surface area contributed by atoms with E-state index in [4.69, 9.17) is 0 Å². The van der Waals surface area contributed by atoms with E-state index in [-0.39, 0.29) is 18.0 Å². The fourth-order valence-electron chi connectivity index (χ4n) is 5.57. The standard InChI is InChI=1S/C24H29N3O2S/c1-3-26-23(29)27(20-14-18-6-4-5-7-19(18)15-20)22(28)24(26)10-12-25(13-11-24)16-21-9-8-17(2)30-21/h4-9,20H,3,10-16H2,1-2H3. The average molecular weight is 424 g/mol. The van der Waals surface area contributed by atoms with E-state index in [9.17, 15) is 9.59 Å². The molecule has 0 bridgehead atoms.